The molecule has 0 aliphatic carbocycles. The average molecular weight is 524 g/mol. The number of hydrogen-bond donors (Lipinski definition) is 4. The lowest BCUT2D eigenvalue weighted by atomic mass is 9.99. The Morgan fingerprint density at radius 3 is 1.75 bits per heavy atom. The maximum atomic E-state index is 11.6. The fourth-order valence-electron chi connectivity index (χ4n) is 2.63. The van der Waals surface area contributed by atoms with Crippen LogP contribution < -0.4 is 0 Å². The number of aliphatic carboxylic acids is 1. The molecule has 1 saturated heterocycles. The molecule has 0 spiro atoms. The van der Waals surface area contributed by atoms with Gasteiger partial charge >= 0.3 is 37.2 Å². The molecule has 0 aromatic heterocycles. The summed E-state index contributed by atoms with van der Waals surface area (Å²) in [7, 11) is -16.5. The van der Waals surface area contributed by atoms with Gasteiger partial charge in [0.05, 0.1) is 6.61 Å². The van der Waals surface area contributed by atoms with Crippen molar-refractivity contribution in [2.45, 2.75) is 37.3 Å². The molecule has 0 radical (unpaired) electrons. The van der Waals surface area contributed by atoms with Crippen molar-refractivity contribution in [1.29, 1.82) is 0 Å². The molecular weight excluding hydrogens is 508 g/mol. The summed E-state index contributed by atoms with van der Waals surface area (Å²) in [6.45, 7) is -0.411. The molecule has 0 bridgehead atoms. The fraction of sp³-hybridized carbons (Fsp3) is 0.462. The van der Waals surface area contributed by atoms with Crippen molar-refractivity contribution >= 4 is 37.2 Å². The highest BCUT2D eigenvalue weighted by Gasteiger charge is 2.56. The van der Waals surface area contributed by atoms with E-state index in [0.717, 1.165) is 0 Å². The lowest BCUT2D eigenvalue weighted by molar-refractivity contribution is -0.284. The molecule has 0 saturated carbocycles. The van der Waals surface area contributed by atoms with Crippen molar-refractivity contribution < 1.29 is 70.8 Å². The van der Waals surface area contributed by atoms with Crippen LogP contribution in [0, 0.1) is 0 Å². The summed E-state index contributed by atoms with van der Waals surface area (Å²) in [6, 6.07) is 7.83. The minimum absolute atomic E-state index is 0.411. The summed E-state index contributed by atoms with van der Waals surface area (Å²) in [5.41, 5.74) is 0.428. The van der Waals surface area contributed by atoms with Gasteiger partial charge in [-0.2, -0.15) is 25.3 Å². The minimum atomic E-state index is -5.56. The number of ether oxygens (including phenoxy) is 2. The molecule has 5 atom stereocenters. The van der Waals surface area contributed by atoms with Crippen LogP contribution >= 0.6 is 0 Å². The minimum Gasteiger partial charge on any atom is -0.479 e. The van der Waals surface area contributed by atoms with E-state index in [-0.39, 0.29) is 0 Å². The number of carboxylic acid groups (broad SMARTS) is 1. The average Bonchev–Trinajstić information content (AvgIpc) is 2.61. The molecule has 1 heterocycles. The van der Waals surface area contributed by atoms with Gasteiger partial charge in [0, 0.05) is 0 Å². The fourth-order valence-corrected chi connectivity index (χ4v) is 4.11. The van der Waals surface area contributed by atoms with E-state index >= 15 is 0 Å². The van der Waals surface area contributed by atoms with Crippen molar-refractivity contribution in [3.05, 3.63) is 35.9 Å². The Morgan fingerprint density at radius 1 is 0.812 bits per heavy atom. The van der Waals surface area contributed by atoms with Crippen molar-refractivity contribution in [2.24, 2.45) is 0 Å². The van der Waals surface area contributed by atoms with E-state index in [2.05, 4.69) is 12.5 Å². The second kappa shape index (κ2) is 10.0. The van der Waals surface area contributed by atoms with Crippen LogP contribution in [0.15, 0.2) is 30.3 Å². The number of carboxylic acids is 1. The smallest absolute Gasteiger partial charge is 0.397 e. The molecule has 1 aromatic carbocycles. The maximum Gasteiger partial charge on any atom is 0.397 e. The van der Waals surface area contributed by atoms with Crippen molar-refractivity contribution in [3.8, 4) is 0 Å². The van der Waals surface area contributed by atoms with Crippen LogP contribution in [0.25, 0.3) is 0 Å². The van der Waals surface area contributed by atoms with Crippen LogP contribution in [0.3, 0.4) is 0 Å². The highest BCUT2D eigenvalue weighted by Crippen LogP contribution is 2.32. The van der Waals surface area contributed by atoms with E-state index in [4.69, 9.17) is 23.1 Å². The molecule has 32 heavy (non-hydrogen) atoms. The molecule has 1 aliphatic heterocycles. The summed E-state index contributed by atoms with van der Waals surface area (Å²) in [5.74, 6) is -2.00. The van der Waals surface area contributed by atoms with Crippen LogP contribution in [0.5, 0.6) is 0 Å². The van der Waals surface area contributed by atoms with Gasteiger partial charge in [-0.25, -0.2) is 17.3 Å². The van der Waals surface area contributed by atoms with E-state index < -0.39 is 74.5 Å². The largest absolute Gasteiger partial charge is 0.479 e. The molecule has 1 aromatic rings. The third kappa shape index (κ3) is 8.29. The Labute approximate surface area is 181 Å². The van der Waals surface area contributed by atoms with Gasteiger partial charge in [-0.1, -0.05) is 30.3 Å². The van der Waals surface area contributed by atoms with E-state index in [0.29, 0.717) is 5.56 Å². The van der Waals surface area contributed by atoms with Crippen LogP contribution in [-0.4, -0.2) is 80.7 Å². The second-order valence-corrected chi connectivity index (χ2v) is 9.17. The molecule has 0 amide bonds. The lowest BCUT2D eigenvalue weighted by Crippen LogP contribution is -2.63. The zero-order valence-corrected chi connectivity index (χ0v) is 17.8. The number of hydrogen-bond acceptors (Lipinski definition) is 12. The van der Waals surface area contributed by atoms with Gasteiger partial charge in [0.1, 0.15) is 12.2 Å². The summed E-state index contributed by atoms with van der Waals surface area (Å²) in [5, 5.41) is 9.33. The predicted octanol–water partition coefficient (Wildman–Crippen LogP) is -1.42. The molecule has 1 fully saturated rings. The molecule has 19 heteroatoms. The zero-order chi connectivity index (χ0) is 24.3. The highest BCUT2D eigenvalue weighted by atomic mass is 32.3. The zero-order valence-electron chi connectivity index (χ0n) is 15.4. The highest BCUT2D eigenvalue weighted by molar-refractivity contribution is 7.81. The first kappa shape index (κ1) is 26.5. The Kier molecular flexibility index (Phi) is 8.28. The van der Waals surface area contributed by atoms with Crippen LogP contribution in [-0.2, 0) is 64.6 Å². The third-order valence-electron chi connectivity index (χ3n) is 3.69. The van der Waals surface area contributed by atoms with Crippen molar-refractivity contribution in [3.63, 3.8) is 0 Å². The lowest BCUT2D eigenvalue weighted by Gasteiger charge is -2.41. The van der Waals surface area contributed by atoms with Gasteiger partial charge in [-0.15, -0.1) is 0 Å². The quantitative estimate of drug-likeness (QED) is 0.256. The van der Waals surface area contributed by atoms with E-state index in [9.17, 15) is 35.2 Å². The van der Waals surface area contributed by atoms with Crippen molar-refractivity contribution in [2.75, 3.05) is 0 Å². The number of carbonyl (C=O) groups is 1. The topological polar surface area (TPSA) is 247 Å². The van der Waals surface area contributed by atoms with Gasteiger partial charge in [0.25, 0.3) is 0 Å². The molecule has 2 rings (SSSR count). The maximum absolute atomic E-state index is 11.6. The van der Waals surface area contributed by atoms with E-state index in [1.807, 2.05) is 0 Å². The Bertz CT molecular complexity index is 1110. The third-order valence-corrected chi connectivity index (χ3v) is 5.09. The van der Waals surface area contributed by atoms with E-state index in [1.165, 1.54) is 12.1 Å². The number of benzene rings is 1. The van der Waals surface area contributed by atoms with Gasteiger partial charge in [0.15, 0.2) is 18.5 Å². The first-order valence-corrected chi connectivity index (χ1v) is 12.2. The first-order valence-electron chi connectivity index (χ1n) is 8.06. The summed E-state index contributed by atoms with van der Waals surface area (Å²) < 4.78 is 117. The predicted molar refractivity (Wildman–Crippen MR) is 96.8 cm³/mol. The molecule has 4 N–H and O–H groups in total. The SMILES string of the molecule is O=C(O)[C@H]1O[C@@H](OCc2ccccc2)[C@H](OS(=O)(=O)O)[C@@H](OS(=O)(=O)O)[C@@H]1OS(=O)(=O)O. The summed E-state index contributed by atoms with van der Waals surface area (Å²) in [6.07, 6.45) is -12.4. The summed E-state index contributed by atoms with van der Waals surface area (Å²) in [4.78, 5) is 11.6. The Balaban J connectivity index is 2.52. The van der Waals surface area contributed by atoms with E-state index in [1.54, 1.807) is 18.2 Å². The standard InChI is InChI=1S/C13H16O16S3/c14-12(15)10-8(27-30(16,17)18)9(28-31(19,20)21)11(29-32(22,23)24)13(26-10)25-6-7-4-2-1-3-5-7/h1-5,8-11,13H,6H2,(H,14,15)(H,16,17,18)(H,19,20,21)(H,22,23,24)/t8-,9-,10-,11+,13+/m0/s1. The van der Waals surface area contributed by atoms with Crippen molar-refractivity contribution in [1.82, 2.24) is 0 Å². The van der Waals surface area contributed by atoms with Crippen LogP contribution in [0.1, 0.15) is 5.56 Å². The number of rotatable bonds is 10. The normalized spacial score (nSPS) is 27.2. The Hall–Kier alpha value is -1.78. The molecule has 16 nitrogen and oxygen atoms in total. The van der Waals surface area contributed by atoms with Gasteiger partial charge in [0.2, 0.25) is 0 Å². The van der Waals surface area contributed by atoms with Gasteiger partial charge in [-0.05, 0) is 5.56 Å². The summed E-state index contributed by atoms with van der Waals surface area (Å²) >= 11 is 0. The molecular formula is C13H16O16S3. The molecule has 1 aliphatic rings. The molecule has 182 valence electrons. The van der Waals surface area contributed by atoms with Crippen LogP contribution in [0.2, 0.25) is 0 Å². The monoisotopic (exact) mass is 524 g/mol. The van der Waals surface area contributed by atoms with Gasteiger partial charge in [-0.3, -0.25) is 13.7 Å². The van der Waals surface area contributed by atoms with Gasteiger partial charge < -0.3 is 14.6 Å². The molecule has 0 unspecified atom stereocenters. The Morgan fingerprint density at radius 2 is 1.28 bits per heavy atom. The first-order chi connectivity index (χ1) is 14.6. The second-order valence-electron chi connectivity index (χ2n) is 6.03. The van der Waals surface area contributed by atoms with Crippen LogP contribution in [0.4, 0.5) is 0 Å².